The number of rotatable bonds is 2. The maximum Gasteiger partial charge on any atom is 0.490 e. The minimum atomic E-state index is -5.08. The Balaban J connectivity index is 0.000000321. The van der Waals surface area contributed by atoms with Crippen molar-refractivity contribution >= 4 is 34.2 Å². The molecule has 142 valence electrons. The number of hydrogen-bond acceptors (Lipinski definition) is 4. The number of aromatic nitrogens is 2. The Morgan fingerprint density at radius 2 is 1.85 bits per heavy atom. The Morgan fingerprint density at radius 1 is 1.19 bits per heavy atom. The summed E-state index contributed by atoms with van der Waals surface area (Å²) in [5.74, 6) is -3.73. The number of nitrogens with two attached hydrogens (primary N) is 1. The van der Waals surface area contributed by atoms with Gasteiger partial charge in [-0.1, -0.05) is 6.07 Å². The summed E-state index contributed by atoms with van der Waals surface area (Å²) in [5.41, 5.74) is 7.03. The number of hydrogen-bond donors (Lipinski definition) is 4. The zero-order valence-electron chi connectivity index (χ0n) is 13.3. The lowest BCUT2D eigenvalue weighted by atomic mass is 10.1. The highest BCUT2D eigenvalue weighted by Gasteiger charge is 2.38. The van der Waals surface area contributed by atoms with Gasteiger partial charge in [-0.2, -0.15) is 18.3 Å². The van der Waals surface area contributed by atoms with Gasteiger partial charge < -0.3 is 16.2 Å². The van der Waals surface area contributed by atoms with Crippen LogP contribution in [0.4, 0.5) is 28.9 Å². The number of nitrogens with zero attached hydrogens (tertiary/aromatic N) is 1. The molecule has 3 rings (SSSR count). The minimum Gasteiger partial charge on any atom is -0.475 e. The van der Waals surface area contributed by atoms with Crippen LogP contribution in [0.15, 0.2) is 42.6 Å². The SMILES string of the molecule is Nc1ccc(NC(=O)c2cccc3[nH]ncc23)c(F)c1.O=C(O)C(F)(F)F. The first kappa shape index (κ1) is 19.7. The third-order valence-electron chi connectivity index (χ3n) is 3.21. The number of aliphatic carboxylic acids is 1. The van der Waals surface area contributed by atoms with E-state index in [1.54, 1.807) is 18.3 Å². The Kier molecular flexibility index (Phi) is 5.63. The molecule has 0 saturated carbocycles. The van der Waals surface area contributed by atoms with Gasteiger partial charge in [0.05, 0.1) is 23.0 Å². The molecule has 0 spiro atoms. The smallest absolute Gasteiger partial charge is 0.475 e. The number of carbonyl (C=O) groups excluding carboxylic acids is 1. The number of alkyl halides is 3. The summed E-state index contributed by atoms with van der Waals surface area (Å²) in [6, 6.07) is 9.31. The maximum absolute atomic E-state index is 13.7. The van der Waals surface area contributed by atoms with Crippen LogP contribution in [-0.4, -0.2) is 33.4 Å². The fourth-order valence-electron chi connectivity index (χ4n) is 1.99. The first-order valence-electron chi connectivity index (χ1n) is 7.18. The van der Waals surface area contributed by atoms with E-state index in [2.05, 4.69) is 15.5 Å². The number of benzene rings is 2. The lowest BCUT2D eigenvalue weighted by molar-refractivity contribution is -0.192. The Bertz CT molecular complexity index is 985. The number of nitrogens with one attached hydrogen (secondary N) is 2. The maximum atomic E-state index is 13.7. The molecule has 2 aromatic carbocycles. The van der Waals surface area contributed by atoms with Crippen molar-refractivity contribution in [2.24, 2.45) is 0 Å². The van der Waals surface area contributed by atoms with Gasteiger partial charge in [0.2, 0.25) is 0 Å². The molecule has 0 aliphatic carbocycles. The molecule has 0 atom stereocenters. The van der Waals surface area contributed by atoms with Crippen molar-refractivity contribution in [3.63, 3.8) is 0 Å². The Labute approximate surface area is 148 Å². The minimum absolute atomic E-state index is 0.0877. The lowest BCUT2D eigenvalue weighted by Gasteiger charge is -2.07. The summed E-state index contributed by atoms with van der Waals surface area (Å²) in [7, 11) is 0. The fraction of sp³-hybridized carbons (Fsp3) is 0.0625. The molecular formula is C16H12F4N4O3. The van der Waals surface area contributed by atoms with Gasteiger partial charge in [-0.15, -0.1) is 0 Å². The van der Waals surface area contributed by atoms with Crippen molar-refractivity contribution in [3.05, 3.63) is 54.0 Å². The molecule has 7 nitrogen and oxygen atoms in total. The van der Waals surface area contributed by atoms with Crippen LogP contribution < -0.4 is 11.1 Å². The molecule has 0 saturated heterocycles. The van der Waals surface area contributed by atoms with Crippen molar-refractivity contribution in [2.75, 3.05) is 11.1 Å². The molecule has 3 aromatic rings. The summed E-state index contributed by atoms with van der Waals surface area (Å²) in [4.78, 5) is 21.1. The normalized spacial score (nSPS) is 10.8. The van der Waals surface area contributed by atoms with Crippen molar-refractivity contribution in [1.82, 2.24) is 10.2 Å². The summed E-state index contributed by atoms with van der Waals surface area (Å²) in [5, 5.41) is 17.0. The van der Waals surface area contributed by atoms with Crippen LogP contribution in [0.5, 0.6) is 0 Å². The number of carbonyl (C=O) groups is 2. The molecule has 0 unspecified atom stereocenters. The average molecular weight is 384 g/mol. The quantitative estimate of drug-likeness (QED) is 0.399. The third-order valence-corrected chi connectivity index (χ3v) is 3.21. The van der Waals surface area contributed by atoms with Crippen molar-refractivity contribution in [3.8, 4) is 0 Å². The Morgan fingerprint density at radius 3 is 2.44 bits per heavy atom. The molecular weight excluding hydrogens is 372 g/mol. The molecule has 0 fully saturated rings. The van der Waals surface area contributed by atoms with E-state index in [-0.39, 0.29) is 5.69 Å². The molecule has 27 heavy (non-hydrogen) atoms. The van der Waals surface area contributed by atoms with E-state index < -0.39 is 23.9 Å². The monoisotopic (exact) mass is 384 g/mol. The molecule has 11 heteroatoms. The predicted octanol–water partition coefficient (Wildman–Crippen LogP) is 3.17. The van der Waals surface area contributed by atoms with Gasteiger partial charge in [0.25, 0.3) is 5.91 Å². The van der Waals surface area contributed by atoms with E-state index in [1.807, 2.05) is 6.07 Å². The van der Waals surface area contributed by atoms with Crippen molar-refractivity contribution < 1.29 is 32.3 Å². The van der Waals surface area contributed by atoms with Gasteiger partial charge in [0.15, 0.2) is 0 Å². The van der Waals surface area contributed by atoms with Crippen molar-refractivity contribution in [2.45, 2.75) is 6.18 Å². The average Bonchev–Trinajstić information content (AvgIpc) is 3.05. The zero-order valence-corrected chi connectivity index (χ0v) is 13.3. The van der Waals surface area contributed by atoms with Crippen LogP contribution in [0.25, 0.3) is 10.9 Å². The van der Waals surface area contributed by atoms with Crippen LogP contribution in [0.3, 0.4) is 0 Å². The van der Waals surface area contributed by atoms with E-state index >= 15 is 0 Å². The first-order chi connectivity index (χ1) is 12.6. The van der Waals surface area contributed by atoms with Gasteiger partial charge in [-0.25, -0.2) is 9.18 Å². The van der Waals surface area contributed by atoms with E-state index in [0.29, 0.717) is 16.6 Å². The van der Waals surface area contributed by atoms with Crippen LogP contribution in [0.1, 0.15) is 10.4 Å². The van der Waals surface area contributed by atoms with Gasteiger partial charge in [0.1, 0.15) is 5.82 Å². The fourth-order valence-corrected chi connectivity index (χ4v) is 1.99. The number of carboxylic acids is 1. The summed E-state index contributed by atoms with van der Waals surface area (Å²) >= 11 is 0. The van der Waals surface area contributed by atoms with Crippen LogP contribution in [0.2, 0.25) is 0 Å². The number of aromatic amines is 1. The number of halogens is 4. The molecule has 0 aliphatic rings. The zero-order chi connectivity index (χ0) is 20.2. The predicted molar refractivity (Wildman–Crippen MR) is 88.6 cm³/mol. The van der Waals surface area contributed by atoms with Crippen LogP contribution in [-0.2, 0) is 4.79 Å². The Hall–Kier alpha value is -3.63. The number of carboxylic acid groups (broad SMARTS) is 1. The molecule has 1 heterocycles. The van der Waals surface area contributed by atoms with Crippen LogP contribution in [0, 0.1) is 5.82 Å². The molecule has 0 aliphatic heterocycles. The van der Waals surface area contributed by atoms with E-state index in [1.165, 1.54) is 12.1 Å². The summed E-state index contributed by atoms with van der Waals surface area (Å²) in [6.45, 7) is 0. The highest BCUT2D eigenvalue weighted by molar-refractivity contribution is 6.12. The number of amides is 1. The number of fused-ring (bicyclic) bond motifs is 1. The highest BCUT2D eigenvalue weighted by atomic mass is 19.4. The highest BCUT2D eigenvalue weighted by Crippen LogP contribution is 2.20. The van der Waals surface area contributed by atoms with Crippen molar-refractivity contribution in [1.29, 1.82) is 0 Å². The molecule has 1 aromatic heterocycles. The molecule has 1 amide bonds. The van der Waals surface area contributed by atoms with Gasteiger partial charge in [-0.3, -0.25) is 9.89 Å². The lowest BCUT2D eigenvalue weighted by Crippen LogP contribution is -2.21. The topological polar surface area (TPSA) is 121 Å². The second kappa shape index (κ2) is 7.72. The van der Waals surface area contributed by atoms with Gasteiger partial charge in [0, 0.05) is 11.1 Å². The molecule has 0 bridgehead atoms. The molecule has 5 N–H and O–H groups in total. The standard InChI is InChI=1S/C14H11FN4O.C2HF3O2/c15-11-6-8(16)4-5-13(11)18-14(20)9-2-1-3-12-10(9)7-17-19-12;3-2(4,5)1(6)7/h1-7H,16H2,(H,17,19)(H,18,20);(H,6,7). The van der Waals surface area contributed by atoms with E-state index in [0.717, 1.165) is 11.6 Å². The van der Waals surface area contributed by atoms with Gasteiger partial charge in [-0.05, 0) is 30.3 Å². The second-order valence-electron chi connectivity index (χ2n) is 5.13. The van der Waals surface area contributed by atoms with E-state index in [9.17, 15) is 22.4 Å². The number of H-pyrrole nitrogens is 1. The van der Waals surface area contributed by atoms with E-state index in [4.69, 9.17) is 15.6 Å². The second-order valence-corrected chi connectivity index (χ2v) is 5.13. The van der Waals surface area contributed by atoms with Crippen LogP contribution >= 0.6 is 0 Å². The molecule has 0 radical (unpaired) electrons. The first-order valence-corrected chi connectivity index (χ1v) is 7.18. The largest absolute Gasteiger partial charge is 0.490 e. The number of anilines is 2. The van der Waals surface area contributed by atoms with Gasteiger partial charge >= 0.3 is 12.1 Å². The summed E-state index contributed by atoms with van der Waals surface area (Å²) < 4.78 is 45.4. The number of nitrogen functional groups attached to an aromatic ring is 1. The third kappa shape index (κ3) is 4.93. The summed E-state index contributed by atoms with van der Waals surface area (Å²) in [6.07, 6.45) is -3.52.